The van der Waals surface area contributed by atoms with Crippen LogP contribution in [0.4, 0.5) is 5.95 Å². The highest BCUT2D eigenvalue weighted by atomic mass is 16.5. The Morgan fingerprint density at radius 2 is 2.18 bits per heavy atom. The molecule has 1 heterocycles. The van der Waals surface area contributed by atoms with Crippen LogP contribution in [-0.2, 0) is 9.53 Å². The maximum Gasteiger partial charge on any atom is 0.245 e. The second kappa shape index (κ2) is 6.46. The summed E-state index contributed by atoms with van der Waals surface area (Å²) in [4.78, 5) is 16.8. The van der Waals surface area contributed by atoms with E-state index in [-0.39, 0.29) is 12.5 Å². The first kappa shape index (κ1) is 15.0. The van der Waals surface area contributed by atoms with Crippen molar-refractivity contribution in [2.24, 2.45) is 5.73 Å². The smallest absolute Gasteiger partial charge is 0.245 e. The highest BCUT2D eigenvalue weighted by Crippen LogP contribution is 2.35. The minimum atomic E-state index is -0.693. The third-order valence-electron chi connectivity index (χ3n) is 4.20. The van der Waals surface area contributed by atoms with Gasteiger partial charge in [0.25, 0.3) is 0 Å². The fourth-order valence-electron chi connectivity index (χ4n) is 3.12. The van der Waals surface area contributed by atoms with Crippen LogP contribution in [0.3, 0.4) is 0 Å². The zero-order chi connectivity index (χ0) is 15.5. The highest BCUT2D eigenvalue weighted by Gasteiger charge is 2.24. The number of rotatable bonds is 5. The number of nitrogens with zero attached hydrogens (tertiary/aromatic N) is 2. The summed E-state index contributed by atoms with van der Waals surface area (Å²) in [5.74, 6) is 0.320. The molecule has 1 aromatic heterocycles. The number of hydrogen-bond acceptors (Lipinski definition) is 4. The van der Waals surface area contributed by atoms with E-state index < -0.39 is 6.04 Å². The van der Waals surface area contributed by atoms with Gasteiger partial charge in [0.2, 0.25) is 11.9 Å². The lowest BCUT2D eigenvalue weighted by Gasteiger charge is -2.17. The van der Waals surface area contributed by atoms with Crippen LogP contribution in [0.25, 0.3) is 11.0 Å². The molecule has 2 aromatic rings. The van der Waals surface area contributed by atoms with Crippen LogP contribution in [0.15, 0.2) is 24.3 Å². The first-order chi connectivity index (χ1) is 10.7. The maximum atomic E-state index is 12.2. The molecule has 1 saturated carbocycles. The number of para-hydroxylation sites is 2. The summed E-state index contributed by atoms with van der Waals surface area (Å²) in [5, 5.41) is 2.87. The number of amides is 1. The number of benzene rings is 1. The lowest BCUT2D eigenvalue weighted by atomic mass is 10.2. The Balaban J connectivity index is 1.94. The Bertz CT molecular complexity index is 661. The van der Waals surface area contributed by atoms with E-state index in [2.05, 4.69) is 14.9 Å². The summed E-state index contributed by atoms with van der Waals surface area (Å²) < 4.78 is 7.09. The van der Waals surface area contributed by atoms with Gasteiger partial charge in [0.1, 0.15) is 6.04 Å². The molecule has 1 fully saturated rings. The molecule has 0 bridgehead atoms. The Hall–Kier alpha value is -1.92. The molecular formula is C16H22N4O2. The topological polar surface area (TPSA) is 82.2 Å². The van der Waals surface area contributed by atoms with Crippen LogP contribution < -0.4 is 11.1 Å². The molecule has 0 saturated heterocycles. The summed E-state index contributed by atoms with van der Waals surface area (Å²) in [6.45, 7) is 0.190. The number of aromatic nitrogens is 2. The van der Waals surface area contributed by atoms with Gasteiger partial charge in [-0.25, -0.2) is 4.98 Å². The number of nitrogens with two attached hydrogens (primary N) is 1. The Labute approximate surface area is 129 Å². The van der Waals surface area contributed by atoms with Crippen LogP contribution in [0, 0.1) is 0 Å². The van der Waals surface area contributed by atoms with E-state index in [1.54, 1.807) is 0 Å². The van der Waals surface area contributed by atoms with Gasteiger partial charge >= 0.3 is 0 Å². The van der Waals surface area contributed by atoms with E-state index in [0.29, 0.717) is 12.0 Å². The molecule has 1 unspecified atom stereocenters. The van der Waals surface area contributed by atoms with E-state index in [1.807, 2.05) is 24.3 Å². The summed E-state index contributed by atoms with van der Waals surface area (Å²) in [6.07, 6.45) is 4.67. The summed E-state index contributed by atoms with van der Waals surface area (Å²) in [5.41, 5.74) is 7.75. The number of anilines is 1. The highest BCUT2D eigenvalue weighted by molar-refractivity contribution is 5.95. The van der Waals surface area contributed by atoms with Gasteiger partial charge in [-0.15, -0.1) is 0 Å². The molecule has 3 rings (SSSR count). The summed E-state index contributed by atoms with van der Waals surface area (Å²) in [6, 6.07) is 7.66. The normalized spacial score (nSPS) is 17.0. The number of carbonyl (C=O) groups is 1. The Morgan fingerprint density at radius 1 is 1.45 bits per heavy atom. The lowest BCUT2D eigenvalue weighted by molar-refractivity contribution is -0.118. The number of nitrogens with one attached hydrogen (secondary N) is 1. The first-order valence-electron chi connectivity index (χ1n) is 7.73. The van der Waals surface area contributed by atoms with Crippen molar-refractivity contribution in [3.8, 4) is 0 Å². The minimum Gasteiger partial charge on any atom is -0.383 e. The molecule has 6 heteroatoms. The first-order valence-corrected chi connectivity index (χ1v) is 7.73. The molecule has 118 valence electrons. The molecule has 1 aliphatic carbocycles. The molecule has 6 nitrogen and oxygen atoms in total. The SMILES string of the molecule is COCC(N)C(=O)Nc1nc2ccccc2n1C1CCCC1. The molecule has 0 aliphatic heterocycles. The number of ether oxygens (including phenoxy) is 1. The standard InChI is InChI=1S/C16H22N4O2/c1-22-10-12(17)15(21)19-16-18-13-8-4-5-9-14(13)20(16)11-6-2-3-7-11/h4-5,8-9,11-12H,2-3,6-7,10,17H2,1H3,(H,18,19,21). The van der Waals surface area contributed by atoms with Crippen LogP contribution in [0.1, 0.15) is 31.7 Å². The Kier molecular flexibility index (Phi) is 4.40. The number of imidazole rings is 1. The van der Waals surface area contributed by atoms with Crippen molar-refractivity contribution in [3.63, 3.8) is 0 Å². The number of carbonyl (C=O) groups excluding carboxylic acids is 1. The van der Waals surface area contributed by atoms with Crippen molar-refractivity contribution in [2.75, 3.05) is 19.0 Å². The van der Waals surface area contributed by atoms with Crippen LogP contribution in [0.2, 0.25) is 0 Å². The Morgan fingerprint density at radius 3 is 2.91 bits per heavy atom. The van der Waals surface area contributed by atoms with Crippen molar-refractivity contribution >= 4 is 22.9 Å². The third-order valence-corrected chi connectivity index (χ3v) is 4.20. The zero-order valence-electron chi connectivity index (χ0n) is 12.8. The van der Waals surface area contributed by atoms with Crippen molar-refractivity contribution in [1.82, 2.24) is 9.55 Å². The second-order valence-corrected chi connectivity index (χ2v) is 5.78. The van der Waals surface area contributed by atoms with Gasteiger partial charge < -0.3 is 15.0 Å². The molecule has 1 amide bonds. The number of fused-ring (bicyclic) bond motifs is 1. The van der Waals surface area contributed by atoms with E-state index in [1.165, 1.54) is 20.0 Å². The molecular weight excluding hydrogens is 280 g/mol. The van der Waals surface area contributed by atoms with Gasteiger partial charge in [0.15, 0.2) is 0 Å². The predicted molar refractivity (Wildman–Crippen MR) is 85.7 cm³/mol. The van der Waals surface area contributed by atoms with Gasteiger partial charge in [-0.1, -0.05) is 25.0 Å². The molecule has 1 aromatic carbocycles. The maximum absolute atomic E-state index is 12.2. The fraction of sp³-hybridized carbons (Fsp3) is 0.500. The quantitative estimate of drug-likeness (QED) is 0.885. The number of hydrogen-bond donors (Lipinski definition) is 2. The average molecular weight is 302 g/mol. The minimum absolute atomic E-state index is 0.190. The van der Waals surface area contributed by atoms with Crippen LogP contribution in [0.5, 0.6) is 0 Å². The van der Waals surface area contributed by atoms with E-state index in [9.17, 15) is 4.79 Å². The van der Waals surface area contributed by atoms with Gasteiger partial charge in [0.05, 0.1) is 17.6 Å². The van der Waals surface area contributed by atoms with Crippen molar-refractivity contribution < 1.29 is 9.53 Å². The van der Waals surface area contributed by atoms with Gasteiger partial charge in [-0.05, 0) is 25.0 Å². The second-order valence-electron chi connectivity index (χ2n) is 5.78. The number of methoxy groups -OCH3 is 1. The average Bonchev–Trinajstić information content (AvgIpc) is 3.13. The molecule has 0 radical (unpaired) electrons. The van der Waals surface area contributed by atoms with Crippen LogP contribution >= 0.6 is 0 Å². The van der Waals surface area contributed by atoms with Gasteiger partial charge in [-0.2, -0.15) is 0 Å². The summed E-state index contributed by atoms with van der Waals surface area (Å²) >= 11 is 0. The van der Waals surface area contributed by atoms with Crippen molar-refractivity contribution in [2.45, 2.75) is 37.8 Å². The monoisotopic (exact) mass is 302 g/mol. The van der Waals surface area contributed by atoms with E-state index in [0.717, 1.165) is 23.9 Å². The largest absolute Gasteiger partial charge is 0.383 e. The molecule has 1 atom stereocenters. The molecule has 22 heavy (non-hydrogen) atoms. The van der Waals surface area contributed by atoms with E-state index in [4.69, 9.17) is 10.5 Å². The molecule has 1 aliphatic rings. The van der Waals surface area contributed by atoms with Crippen LogP contribution in [-0.4, -0.2) is 35.2 Å². The fourth-order valence-corrected chi connectivity index (χ4v) is 3.12. The zero-order valence-corrected chi connectivity index (χ0v) is 12.8. The third kappa shape index (κ3) is 2.84. The molecule has 0 spiro atoms. The van der Waals surface area contributed by atoms with Gasteiger partial charge in [-0.3, -0.25) is 10.1 Å². The van der Waals surface area contributed by atoms with E-state index >= 15 is 0 Å². The molecule has 3 N–H and O–H groups in total. The van der Waals surface area contributed by atoms with Crippen molar-refractivity contribution in [3.05, 3.63) is 24.3 Å². The predicted octanol–water partition coefficient (Wildman–Crippen LogP) is 2.06. The van der Waals surface area contributed by atoms with Crippen molar-refractivity contribution in [1.29, 1.82) is 0 Å². The van der Waals surface area contributed by atoms with Gasteiger partial charge in [0, 0.05) is 13.2 Å². The summed E-state index contributed by atoms with van der Waals surface area (Å²) in [7, 11) is 1.53. The lowest BCUT2D eigenvalue weighted by Crippen LogP contribution is -2.39.